The lowest BCUT2D eigenvalue weighted by atomic mass is 10.1. The molecule has 2 N–H and O–H groups in total. The van der Waals surface area contributed by atoms with Gasteiger partial charge in [-0.3, -0.25) is 4.90 Å². The summed E-state index contributed by atoms with van der Waals surface area (Å²) in [5.74, 6) is -0.285. The number of rotatable bonds is 5. The number of hydrogen-bond donors (Lipinski definition) is 2. The molecule has 0 amide bonds. The van der Waals surface area contributed by atoms with Gasteiger partial charge >= 0.3 is 5.97 Å². The second kappa shape index (κ2) is 10.6. The number of anilines is 2. The van der Waals surface area contributed by atoms with Gasteiger partial charge in [0.15, 0.2) is 5.11 Å². The number of carbonyl (C=O) groups is 1. The van der Waals surface area contributed by atoms with Gasteiger partial charge in [-0.1, -0.05) is 25.0 Å². The van der Waals surface area contributed by atoms with Crippen LogP contribution in [0, 0.1) is 0 Å². The van der Waals surface area contributed by atoms with Crippen LogP contribution in [0.1, 0.15) is 64.9 Å². The first-order valence-corrected chi connectivity index (χ1v) is 12.5. The number of likely N-dealkylation sites (tertiary alicyclic amines) is 1. The number of carbonyl (C=O) groups excluding carboxylic acids is 1. The van der Waals surface area contributed by atoms with Crippen molar-refractivity contribution < 1.29 is 9.53 Å². The van der Waals surface area contributed by atoms with E-state index in [1.807, 2.05) is 0 Å². The number of thiocarbonyl (C=S) groups is 1. The zero-order chi connectivity index (χ0) is 21.6. The maximum absolute atomic E-state index is 12.5. The van der Waals surface area contributed by atoms with Crippen LogP contribution in [0.5, 0.6) is 0 Å². The Hall–Kier alpha value is -1.96. The number of ether oxygens (including phenoxy) is 1. The van der Waals surface area contributed by atoms with Crippen LogP contribution in [0.25, 0.3) is 0 Å². The van der Waals surface area contributed by atoms with E-state index in [0.29, 0.717) is 10.7 Å². The van der Waals surface area contributed by atoms with Crippen molar-refractivity contribution in [1.29, 1.82) is 0 Å². The number of nitrogens with one attached hydrogen (secondary N) is 2. The minimum Gasteiger partial charge on any atom is -0.465 e. The van der Waals surface area contributed by atoms with E-state index in [4.69, 9.17) is 17.0 Å². The molecule has 5 nitrogen and oxygen atoms in total. The van der Waals surface area contributed by atoms with Crippen LogP contribution in [0.2, 0.25) is 0 Å². The largest absolute Gasteiger partial charge is 0.465 e. The lowest BCUT2D eigenvalue weighted by molar-refractivity contribution is 0.0601. The molecular formula is C24H31N3O2S2. The molecule has 4 rings (SSSR count). The highest BCUT2D eigenvalue weighted by atomic mass is 32.1. The van der Waals surface area contributed by atoms with Crippen LogP contribution in [0.15, 0.2) is 24.3 Å². The SMILES string of the molecule is COC(=O)c1c(NC(=S)Nc2ccc(CN3CCCCC3)cc2)sc2c1CCCCC2. The average molecular weight is 458 g/mol. The number of aryl methyl sites for hydroxylation is 1. The van der Waals surface area contributed by atoms with Crippen molar-refractivity contribution in [2.24, 2.45) is 0 Å². The van der Waals surface area contributed by atoms with Gasteiger partial charge in [-0.25, -0.2) is 4.79 Å². The van der Waals surface area contributed by atoms with E-state index in [2.05, 4.69) is 39.8 Å². The molecule has 1 saturated heterocycles. The van der Waals surface area contributed by atoms with Gasteiger partial charge in [0.2, 0.25) is 0 Å². The number of methoxy groups -OCH3 is 1. The lowest BCUT2D eigenvalue weighted by Crippen LogP contribution is -2.29. The molecule has 0 saturated carbocycles. The zero-order valence-electron chi connectivity index (χ0n) is 18.2. The fourth-order valence-corrected chi connectivity index (χ4v) is 6.05. The summed E-state index contributed by atoms with van der Waals surface area (Å²) in [7, 11) is 1.44. The van der Waals surface area contributed by atoms with E-state index < -0.39 is 0 Å². The second-order valence-corrected chi connectivity index (χ2v) is 9.89. The summed E-state index contributed by atoms with van der Waals surface area (Å²) in [6.45, 7) is 3.40. The first-order chi connectivity index (χ1) is 15.1. The Labute approximate surface area is 194 Å². The molecule has 1 aliphatic carbocycles. The van der Waals surface area contributed by atoms with Gasteiger partial charge in [-0.2, -0.15) is 0 Å². The number of piperidine rings is 1. The van der Waals surface area contributed by atoms with Crippen LogP contribution in [0.3, 0.4) is 0 Å². The molecule has 0 radical (unpaired) electrons. The summed E-state index contributed by atoms with van der Waals surface area (Å²) < 4.78 is 5.08. The van der Waals surface area contributed by atoms with Crippen molar-refractivity contribution >= 4 is 45.3 Å². The lowest BCUT2D eigenvalue weighted by Gasteiger charge is -2.26. The third-order valence-corrected chi connectivity index (χ3v) is 7.52. The minimum atomic E-state index is -0.285. The number of hydrogen-bond acceptors (Lipinski definition) is 5. The van der Waals surface area contributed by atoms with E-state index in [-0.39, 0.29) is 5.97 Å². The smallest absolute Gasteiger partial charge is 0.341 e. The summed E-state index contributed by atoms with van der Waals surface area (Å²) in [5, 5.41) is 7.80. The van der Waals surface area contributed by atoms with Crippen molar-refractivity contribution in [3.05, 3.63) is 45.8 Å². The van der Waals surface area contributed by atoms with Crippen molar-refractivity contribution in [2.45, 2.75) is 57.9 Å². The van der Waals surface area contributed by atoms with Crippen molar-refractivity contribution in [1.82, 2.24) is 4.90 Å². The second-order valence-electron chi connectivity index (χ2n) is 8.37. The Morgan fingerprint density at radius 3 is 2.48 bits per heavy atom. The van der Waals surface area contributed by atoms with E-state index in [9.17, 15) is 4.79 Å². The van der Waals surface area contributed by atoms with E-state index in [1.54, 1.807) is 11.3 Å². The first kappa shape index (κ1) is 22.2. The molecule has 2 heterocycles. The van der Waals surface area contributed by atoms with Gasteiger partial charge in [0.1, 0.15) is 5.00 Å². The van der Waals surface area contributed by atoms with Crippen molar-refractivity contribution in [3.63, 3.8) is 0 Å². The Morgan fingerprint density at radius 1 is 1.03 bits per heavy atom. The molecule has 1 aromatic carbocycles. The Bertz CT molecular complexity index is 918. The van der Waals surface area contributed by atoms with Gasteiger partial charge in [-0.15, -0.1) is 11.3 Å². The average Bonchev–Trinajstić information content (AvgIpc) is 2.95. The molecule has 1 fully saturated rings. The molecule has 2 aromatic rings. The first-order valence-electron chi connectivity index (χ1n) is 11.3. The monoisotopic (exact) mass is 457 g/mol. The summed E-state index contributed by atoms with van der Waals surface area (Å²) in [6, 6.07) is 8.45. The third kappa shape index (κ3) is 5.64. The molecule has 0 spiro atoms. The van der Waals surface area contributed by atoms with Crippen molar-refractivity contribution in [3.8, 4) is 0 Å². The van der Waals surface area contributed by atoms with E-state index in [0.717, 1.165) is 42.1 Å². The predicted molar refractivity (Wildman–Crippen MR) is 132 cm³/mol. The maximum atomic E-state index is 12.5. The molecule has 2 aliphatic rings. The molecule has 1 aliphatic heterocycles. The van der Waals surface area contributed by atoms with Gasteiger partial charge in [0, 0.05) is 17.1 Å². The Kier molecular flexibility index (Phi) is 7.58. The molecule has 0 atom stereocenters. The number of nitrogens with zero attached hydrogens (tertiary/aromatic N) is 1. The normalized spacial score (nSPS) is 16.8. The van der Waals surface area contributed by atoms with Crippen molar-refractivity contribution in [2.75, 3.05) is 30.8 Å². The molecule has 7 heteroatoms. The number of fused-ring (bicyclic) bond motifs is 1. The highest BCUT2D eigenvalue weighted by Gasteiger charge is 2.25. The topological polar surface area (TPSA) is 53.6 Å². The van der Waals surface area contributed by atoms with Crippen LogP contribution >= 0.6 is 23.6 Å². The zero-order valence-corrected chi connectivity index (χ0v) is 19.8. The predicted octanol–water partition coefficient (Wildman–Crippen LogP) is 5.60. The van der Waals surface area contributed by atoms with Crippen LogP contribution < -0.4 is 10.6 Å². The summed E-state index contributed by atoms with van der Waals surface area (Å²) in [5.41, 5.74) is 4.06. The molecule has 31 heavy (non-hydrogen) atoms. The summed E-state index contributed by atoms with van der Waals surface area (Å²) >= 11 is 7.19. The fourth-order valence-electron chi connectivity index (χ4n) is 4.48. The van der Waals surface area contributed by atoms with Crippen LogP contribution in [-0.2, 0) is 24.1 Å². The Morgan fingerprint density at radius 2 is 1.74 bits per heavy atom. The summed E-state index contributed by atoms with van der Waals surface area (Å²) in [4.78, 5) is 16.3. The van der Waals surface area contributed by atoms with Gasteiger partial charge < -0.3 is 15.4 Å². The highest BCUT2D eigenvalue weighted by molar-refractivity contribution is 7.80. The van der Waals surface area contributed by atoms with E-state index in [1.165, 1.54) is 62.7 Å². The fraction of sp³-hybridized carbons (Fsp3) is 0.500. The summed E-state index contributed by atoms with van der Waals surface area (Å²) in [6.07, 6.45) is 9.40. The standard InChI is InChI=1S/C24H31N3O2S2/c1-29-23(28)21-19-8-4-2-5-9-20(19)31-22(21)26-24(30)25-18-12-10-17(11-13-18)16-27-14-6-3-7-15-27/h10-13H,2-9,14-16H2,1H3,(H2,25,26,30). The Balaban J connectivity index is 1.41. The third-order valence-electron chi connectivity index (χ3n) is 6.10. The van der Waals surface area contributed by atoms with Gasteiger partial charge in [0.25, 0.3) is 0 Å². The number of thiophene rings is 1. The van der Waals surface area contributed by atoms with E-state index >= 15 is 0 Å². The minimum absolute atomic E-state index is 0.285. The van der Waals surface area contributed by atoms with Crippen LogP contribution in [0.4, 0.5) is 10.7 Å². The molecular weight excluding hydrogens is 426 g/mol. The molecule has 166 valence electrons. The quantitative estimate of drug-likeness (QED) is 0.346. The van der Waals surface area contributed by atoms with Gasteiger partial charge in [0.05, 0.1) is 12.7 Å². The molecule has 1 aromatic heterocycles. The number of esters is 1. The molecule has 0 unspecified atom stereocenters. The van der Waals surface area contributed by atoms with Gasteiger partial charge in [-0.05, 0) is 87.1 Å². The van der Waals surface area contributed by atoms with Crippen LogP contribution in [-0.4, -0.2) is 36.2 Å². The number of benzene rings is 1. The molecule has 0 bridgehead atoms. The maximum Gasteiger partial charge on any atom is 0.341 e. The highest BCUT2D eigenvalue weighted by Crippen LogP contribution is 2.38.